The zero-order valence-corrected chi connectivity index (χ0v) is 9.85. The third kappa shape index (κ3) is 2.44. The fraction of sp³-hybridized carbons (Fsp3) is 0.417. The first-order valence-electron chi connectivity index (χ1n) is 5.18. The molecule has 16 heavy (non-hydrogen) atoms. The van der Waals surface area contributed by atoms with E-state index in [0.717, 1.165) is 11.3 Å². The van der Waals surface area contributed by atoms with Crippen molar-refractivity contribution in [1.82, 2.24) is 0 Å². The van der Waals surface area contributed by atoms with Crippen LogP contribution in [0.2, 0.25) is 0 Å². The van der Waals surface area contributed by atoms with Crippen LogP contribution in [0.1, 0.15) is 15.9 Å². The maximum absolute atomic E-state index is 13.5. The van der Waals surface area contributed by atoms with Gasteiger partial charge in [-0.25, -0.2) is 4.39 Å². The van der Waals surface area contributed by atoms with Crippen molar-refractivity contribution >= 4 is 17.5 Å². The lowest BCUT2D eigenvalue weighted by Gasteiger charge is -2.21. The van der Waals surface area contributed by atoms with Gasteiger partial charge < -0.3 is 4.74 Å². The average Bonchev–Trinajstić information content (AvgIpc) is 2.32. The number of carbonyl (C=O) groups is 1. The molecule has 1 atom stereocenters. The van der Waals surface area contributed by atoms with Crippen LogP contribution in [0.3, 0.4) is 0 Å². The van der Waals surface area contributed by atoms with Crippen molar-refractivity contribution in [3.8, 4) is 0 Å². The lowest BCUT2D eigenvalue weighted by Crippen LogP contribution is -2.32. The van der Waals surface area contributed by atoms with Crippen molar-refractivity contribution in [2.24, 2.45) is 0 Å². The Balaban J connectivity index is 2.22. The molecule has 4 heteroatoms. The molecule has 1 heterocycles. The second-order valence-corrected chi connectivity index (χ2v) is 4.93. The number of hydrogen-bond acceptors (Lipinski definition) is 3. The van der Waals surface area contributed by atoms with Crippen molar-refractivity contribution in [2.45, 2.75) is 13.0 Å². The predicted octanol–water partition coefficient (Wildman–Crippen LogP) is 2.45. The second kappa shape index (κ2) is 4.97. The van der Waals surface area contributed by atoms with Gasteiger partial charge in [-0.15, -0.1) is 0 Å². The van der Waals surface area contributed by atoms with Gasteiger partial charge in [0.2, 0.25) is 0 Å². The zero-order valence-electron chi connectivity index (χ0n) is 9.03. The van der Waals surface area contributed by atoms with E-state index in [1.165, 1.54) is 6.07 Å². The van der Waals surface area contributed by atoms with E-state index in [1.807, 2.05) is 6.92 Å². The van der Waals surface area contributed by atoms with Crippen LogP contribution in [0.15, 0.2) is 18.2 Å². The number of thioether (sulfide) groups is 1. The molecule has 1 aromatic carbocycles. The van der Waals surface area contributed by atoms with Gasteiger partial charge in [-0.3, -0.25) is 4.79 Å². The summed E-state index contributed by atoms with van der Waals surface area (Å²) in [5.74, 6) is 0.815. The van der Waals surface area contributed by atoms with Crippen molar-refractivity contribution in [3.05, 3.63) is 35.1 Å². The smallest absolute Gasteiger partial charge is 0.195 e. The molecule has 0 aliphatic carbocycles. The topological polar surface area (TPSA) is 26.3 Å². The van der Waals surface area contributed by atoms with Gasteiger partial charge in [-0.2, -0.15) is 11.8 Å². The lowest BCUT2D eigenvalue weighted by molar-refractivity contribution is 0.0515. The largest absolute Gasteiger partial charge is 0.368 e. The standard InChI is InChI=1S/C12H13FO2S/c1-8-2-3-10(13)9(6-8)12(14)11-7-16-5-4-15-11/h2-3,6,11H,4-5,7H2,1H3. The Morgan fingerprint density at radius 1 is 1.56 bits per heavy atom. The summed E-state index contributed by atoms with van der Waals surface area (Å²) < 4.78 is 18.8. The van der Waals surface area contributed by atoms with Crippen molar-refractivity contribution in [1.29, 1.82) is 0 Å². The van der Waals surface area contributed by atoms with Gasteiger partial charge in [0.1, 0.15) is 11.9 Å². The van der Waals surface area contributed by atoms with Gasteiger partial charge in [0, 0.05) is 11.5 Å². The summed E-state index contributed by atoms with van der Waals surface area (Å²) in [6, 6.07) is 4.57. The van der Waals surface area contributed by atoms with Crippen LogP contribution >= 0.6 is 11.8 Å². The van der Waals surface area contributed by atoms with E-state index in [2.05, 4.69) is 0 Å². The molecule has 2 nitrogen and oxygen atoms in total. The molecule has 0 aromatic heterocycles. The summed E-state index contributed by atoms with van der Waals surface area (Å²) >= 11 is 1.67. The highest BCUT2D eigenvalue weighted by atomic mass is 32.2. The molecular weight excluding hydrogens is 227 g/mol. The van der Waals surface area contributed by atoms with E-state index in [-0.39, 0.29) is 11.3 Å². The van der Waals surface area contributed by atoms with Crippen LogP contribution in [0.5, 0.6) is 0 Å². The Morgan fingerprint density at radius 2 is 2.38 bits per heavy atom. The summed E-state index contributed by atoms with van der Waals surface area (Å²) in [7, 11) is 0. The van der Waals surface area contributed by atoms with Crippen LogP contribution in [0, 0.1) is 12.7 Å². The molecule has 86 valence electrons. The number of carbonyl (C=O) groups excluding carboxylic acids is 1. The minimum atomic E-state index is -0.491. The average molecular weight is 240 g/mol. The van der Waals surface area contributed by atoms with Crippen molar-refractivity contribution in [3.63, 3.8) is 0 Å². The minimum absolute atomic E-state index is 0.146. The minimum Gasteiger partial charge on any atom is -0.368 e. The Hall–Kier alpha value is -0.870. The first kappa shape index (κ1) is 11.6. The number of ketones is 1. The SMILES string of the molecule is Cc1ccc(F)c(C(=O)C2CSCCO2)c1. The van der Waals surface area contributed by atoms with Gasteiger partial charge in [0.15, 0.2) is 5.78 Å². The van der Waals surface area contributed by atoms with Crippen molar-refractivity contribution < 1.29 is 13.9 Å². The van der Waals surface area contributed by atoms with Crippen LogP contribution in [0.4, 0.5) is 4.39 Å². The molecule has 1 fully saturated rings. The van der Waals surface area contributed by atoms with Crippen LogP contribution in [-0.2, 0) is 4.74 Å². The second-order valence-electron chi connectivity index (χ2n) is 3.78. The van der Waals surface area contributed by atoms with Gasteiger partial charge in [-0.05, 0) is 19.1 Å². The van der Waals surface area contributed by atoms with E-state index in [0.29, 0.717) is 12.4 Å². The number of hydrogen-bond donors (Lipinski definition) is 0. The van der Waals surface area contributed by atoms with Crippen molar-refractivity contribution in [2.75, 3.05) is 18.1 Å². The molecule has 1 aromatic rings. The van der Waals surface area contributed by atoms with Crippen LogP contribution in [-0.4, -0.2) is 30.0 Å². The molecule has 0 radical (unpaired) electrons. The molecule has 1 saturated heterocycles. The molecule has 1 unspecified atom stereocenters. The van der Waals surface area contributed by atoms with E-state index in [9.17, 15) is 9.18 Å². The molecule has 0 spiro atoms. The van der Waals surface area contributed by atoms with E-state index in [4.69, 9.17) is 4.74 Å². The fourth-order valence-corrected chi connectivity index (χ4v) is 2.48. The Labute approximate surface area is 98.2 Å². The third-order valence-electron chi connectivity index (χ3n) is 2.50. The predicted molar refractivity (Wildman–Crippen MR) is 62.5 cm³/mol. The van der Waals surface area contributed by atoms with Crippen LogP contribution < -0.4 is 0 Å². The van der Waals surface area contributed by atoms with Gasteiger partial charge >= 0.3 is 0 Å². The Morgan fingerprint density at radius 3 is 3.06 bits per heavy atom. The first-order valence-corrected chi connectivity index (χ1v) is 6.33. The molecule has 1 aliphatic heterocycles. The van der Waals surface area contributed by atoms with Crippen LogP contribution in [0.25, 0.3) is 0 Å². The summed E-state index contributed by atoms with van der Waals surface area (Å²) in [5, 5.41) is 0. The highest BCUT2D eigenvalue weighted by Gasteiger charge is 2.25. The monoisotopic (exact) mass is 240 g/mol. The highest BCUT2D eigenvalue weighted by molar-refractivity contribution is 7.99. The third-order valence-corrected chi connectivity index (χ3v) is 3.49. The lowest BCUT2D eigenvalue weighted by atomic mass is 10.0. The Kier molecular flexibility index (Phi) is 3.61. The first-order chi connectivity index (χ1) is 7.68. The maximum atomic E-state index is 13.5. The summed E-state index contributed by atoms with van der Waals surface area (Å²) in [5.41, 5.74) is 1.03. The zero-order chi connectivity index (χ0) is 11.5. The normalized spacial score (nSPS) is 20.8. The quantitative estimate of drug-likeness (QED) is 0.743. The van der Waals surface area contributed by atoms with E-state index < -0.39 is 11.9 Å². The number of ether oxygens (including phenoxy) is 1. The number of Topliss-reactive ketones (excluding diaryl/α,β-unsaturated/α-hetero) is 1. The summed E-state index contributed by atoms with van der Waals surface area (Å²) in [4.78, 5) is 12.0. The van der Waals surface area contributed by atoms with E-state index >= 15 is 0 Å². The summed E-state index contributed by atoms with van der Waals surface area (Å²) in [6.07, 6.45) is -0.491. The number of aryl methyl sites for hydroxylation is 1. The molecule has 0 N–H and O–H groups in total. The molecule has 1 aliphatic rings. The highest BCUT2D eigenvalue weighted by Crippen LogP contribution is 2.19. The van der Waals surface area contributed by atoms with Gasteiger partial charge in [0.25, 0.3) is 0 Å². The maximum Gasteiger partial charge on any atom is 0.195 e. The Bertz CT molecular complexity index is 400. The molecular formula is C12H13FO2S. The molecule has 2 rings (SSSR count). The number of benzene rings is 1. The van der Waals surface area contributed by atoms with E-state index in [1.54, 1.807) is 23.9 Å². The van der Waals surface area contributed by atoms with Gasteiger partial charge in [-0.1, -0.05) is 11.6 Å². The fourth-order valence-electron chi connectivity index (χ4n) is 1.64. The number of rotatable bonds is 2. The van der Waals surface area contributed by atoms with Gasteiger partial charge in [0.05, 0.1) is 12.2 Å². The molecule has 0 saturated carbocycles. The summed E-state index contributed by atoms with van der Waals surface area (Å²) in [6.45, 7) is 2.40. The number of halogens is 1. The molecule has 0 amide bonds. The molecule has 0 bridgehead atoms.